The van der Waals surface area contributed by atoms with Crippen molar-refractivity contribution in [1.82, 2.24) is 10.2 Å². The maximum absolute atomic E-state index is 11.2. The summed E-state index contributed by atoms with van der Waals surface area (Å²) in [6.07, 6.45) is 2.49. The minimum atomic E-state index is -0.465. The monoisotopic (exact) mass is 267 g/mol. The molecular weight excluding hydrogens is 250 g/mol. The topological polar surface area (TPSA) is 64.1 Å². The number of carbonyl (C=O) groups excluding carboxylic acids is 1. The van der Waals surface area contributed by atoms with Crippen LogP contribution in [0.1, 0.15) is 30.3 Å². The molecule has 0 saturated carbocycles. The first-order chi connectivity index (χ1) is 8.63. The van der Waals surface area contributed by atoms with Crippen molar-refractivity contribution in [3.05, 3.63) is 17.8 Å². The highest BCUT2D eigenvalue weighted by molar-refractivity contribution is 8.00. The molecule has 6 heteroatoms. The molecule has 1 aliphatic rings. The van der Waals surface area contributed by atoms with Crippen LogP contribution in [0.25, 0.3) is 0 Å². The number of ether oxygens (including phenoxy) is 1. The van der Waals surface area contributed by atoms with Gasteiger partial charge in [0.15, 0.2) is 5.69 Å². The van der Waals surface area contributed by atoms with Crippen molar-refractivity contribution in [2.24, 2.45) is 0 Å². The maximum atomic E-state index is 11.2. The fourth-order valence-electron chi connectivity index (χ4n) is 1.89. The van der Waals surface area contributed by atoms with Crippen molar-refractivity contribution in [3.8, 4) is 0 Å². The van der Waals surface area contributed by atoms with Crippen molar-refractivity contribution in [2.75, 3.05) is 24.7 Å². The van der Waals surface area contributed by atoms with Gasteiger partial charge in [0.2, 0.25) is 0 Å². The number of aromatic nitrogens is 2. The van der Waals surface area contributed by atoms with Gasteiger partial charge in [0, 0.05) is 11.3 Å². The molecule has 0 amide bonds. The maximum Gasteiger partial charge on any atom is 0.358 e. The number of esters is 1. The molecule has 1 aliphatic heterocycles. The van der Waals surface area contributed by atoms with Crippen molar-refractivity contribution < 1.29 is 9.53 Å². The highest BCUT2D eigenvalue weighted by atomic mass is 32.2. The molecule has 0 bridgehead atoms. The van der Waals surface area contributed by atoms with Crippen LogP contribution in [0.15, 0.2) is 12.1 Å². The molecule has 0 aliphatic carbocycles. The standard InChI is InChI=1S/C12H17N3O2S/c1-12(6-3-7-18-12)8-13-10-5-4-9(14-15-10)11(16)17-2/h4-5H,3,6-8H2,1-2H3,(H,13,15). The van der Waals surface area contributed by atoms with E-state index in [4.69, 9.17) is 0 Å². The predicted octanol–water partition coefficient (Wildman–Crippen LogP) is 1.96. The molecule has 1 unspecified atom stereocenters. The van der Waals surface area contributed by atoms with E-state index in [1.165, 1.54) is 25.7 Å². The summed E-state index contributed by atoms with van der Waals surface area (Å²) < 4.78 is 4.85. The molecule has 1 aromatic rings. The molecule has 0 radical (unpaired) electrons. The summed E-state index contributed by atoms with van der Waals surface area (Å²) in [5.41, 5.74) is 0.226. The smallest absolute Gasteiger partial charge is 0.358 e. The second-order valence-electron chi connectivity index (χ2n) is 4.55. The lowest BCUT2D eigenvalue weighted by Crippen LogP contribution is -2.27. The minimum absolute atomic E-state index is 0.226. The third kappa shape index (κ3) is 3.13. The third-order valence-corrected chi connectivity index (χ3v) is 4.54. The average molecular weight is 267 g/mol. The molecule has 1 fully saturated rings. The summed E-state index contributed by atoms with van der Waals surface area (Å²) in [6.45, 7) is 3.12. The van der Waals surface area contributed by atoms with Crippen LogP contribution < -0.4 is 5.32 Å². The Hall–Kier alpha value is -1.30. The number of methoxy groups -OCH3 is 1. The van der Waals surface area contributed by atoms with E-state index in [1.54, 1.807) is 12.1 Å². The SMILES string of the molecule is COC(=O)c1ccc(NCC2(C)CCCS2)nn1. The van der Waals surface area contributed by atoms with Gasteiger partial charge in [-0.05, 0) is 37.7 Å². The van der Waals surface area contributed by atoms with E-state index in [1.807, 2.05) is 11.8 Å². The van der Waals surface area contributed by atoms with Crippen LogP contribution in [0.3, 0.4) is 0 Å². The molecule has 2 heterocycles. The second-order valence-corrected chi connectivity index (χ2v) is 6.23. The summed E-state index contributed by atoms with van der Waals surface area (Å²) in [5, 5.41) is 11.1. The van der Waals surface area contributed by atoms with Gasteiger partial charge in [-0.25, -0.2) is 4.79 Å². The molecule has 1 saturated heterocycles. The quantitative estimate of drug-likeness (QED) is 0.841. The van der Waals surface area contributed by atoms with E-state index in [0.717, 1.165) is 6.54 Å². The fraction of sp³-hybridized carbons (Fsp3) is 0.583. The predicted molar refractivity (Wildman–Crippen MR) is 72.0 cm³/mol. The second kappa shape index (κ2) is 5.56. The van der Waals surface area contributed by atoms with Gasteiger partial charge in [-0.3, -0.25) is 0 Å². The molecule has 0 spiro atoms. The number of rotatable bonds is 4. The number of hydrogen-bond donors (Lipinski definition) is 1. The zero-order valence-corrected chi connectivity index (χ0v) is 11.4. The molecule has 5 nitrogen and oxygen atoms in total. The largest absolute Gasteiger partial charge is 0.464 e. The van der Waals surface area contributed by atoms with Crippen LogP contribution in [-0.4, -0.2) is 40.3 Å². The average Bonchev–Trinajstić information content (AvgIpc) is 2.83. The summed E-state index contributed by atoms with van der Waals surface area (Å²) in [5.74, 6) is 1.45. The normalized spacial score (nSPS) is 22.8. The third-order valence-electron chi connectivity index (χ3n) is 3.00. The summed E-state index contributed by atoms with van der Waals surface area (Å²) >= 11 is 1.99. The highest BCUT2D eigenvalue weighted by Gasteiger charge is 2.29. The Labute approximate surface area is 111 Å². The van der Waals surface area contributed by atoms with Crippen LogP contribution in [0.2, 0.25) is 0 Å². The van der Waals surface area contributed by atoms with E-state index in [0.29, 0.717) is 5.82 Å². The van der Waals surface area contributed by atoms with Gasteiger partial charge >= 0.3 is 5.97 Å². The van der Waals surface area contributed by atoms with Gasteiger partial charge in [0.25, 0.3) is 0 Å². The van der Waals surface area contributed by atoms with Gasteiger partial charge in [0.1, 0.15) is 5.82 Å². The first-order valence-electron chi connectivity index (χ1n) is 5.93. The Morgan fingerprint density at radius 2 is 2.39 bits per heavy atom. The number of nitrogens with one attached hydrogen (secondary N) is 1. The van der Waals surface area contributed by atoms with Gasteiger partial charge in [-0.2, -0.15) is 11.8 Å². The molecule has 1 aromatic heterocycles. The molecule has 18 heavy (non-hydrogen) atoms. The molecular formula is C12H17N3O2S. The van der Waals surface area contributed by atoms with Crippen LogP contribution in [0, 0.1) is 0 Å². The summed E-state index contributed by atoms with van der Waals surface area (Å²) in [7, 11) is 1.33. The van der Waals surface area contributed by atoms with Crippen molar-refractivity contribution in [3.63, 3.8) is 0 Å². The van der Waals surface area contributed by atoms with E-state index < -0.39 is 5.97 Å². The van der Waals surface area contributed by atoms with E-state index >= 15 is 0 Å². The summed E-state index contributed by atoms with van der Waals surface area (Å²) in [6, 6.07) is 3.37. The Morgan fingerprint density at radius 1 is 1.56 bits per heavy atom. The molecule has 0 aromatic carbocycles. The molecule has 1 atom stereocenters. The van der Waals surface area contributed by atoms with Crippen molar-refractivity contribution in [2.45, 2.75) is 24.5 Å². The first-order valence-corrected chi connectivity index (χ1v) is 6.91. The fourth-order valence-corrected chi connectivity index (χ4v) is 3.14. The number of carbonyl (C=O) groups is 1. The van der Waals surface area contributed by atoms with E-state index in [9.17, 15) is 4.79 Å². The van der Waals surface area contributed by atoms with Gasteiger partial charge in [-0.1, -0.05) is 0 Å². The lowest BCUT2D eigenvalue weighted by molar-refractivity contribution is 0.0593. The molecule has 1 N–H and O–H groups in total. The van der Waals surface area contributed by atoms with Crippen LogP contribution in [-0.2, 0) is 4.74 Å². The van der Waals surface area contributed by atoms with E-state index in [2.05, 4.69) is 27.2 Å². The van der Waals surface area contributed by atoms with Crippen molar-refractivity contribution >= 4 is 23.5 Å². The highest BCUT2D eigenvalue weighted by Crippen LogP contribution is 2.37. The number of hydrogen-bond acceptors (Lipinski definition) is 6. The zero-order chi connectivity index (χ0) is 13.0. The number of anilines is 1. The van der Waals surface area contributed by atoms with Gasteiger partial charge < -0.3 is 10.1 Å². The Balaban J connectivity index is 1.92. The van der Waals surface area contributed by atoms with Crippen LogP contribution in [0.5, 0.6) is 0 Å². The van der Waals surface area contributed by atoms with E-state index in [-0.39, 0.29) is 10.4 Å². The van der Waals surface area contributed by atoms with Crippen LogP contribution >= 0.6 is 11.8 Å². The summed E-state index contributed by atoms with van der Waals surface area (Å²) in [4.78, 5) is 11.2. The van der Waals surface area contributed by atoms with Gasteiger partial charge in [-0.15, -0.1) is 10.2 Å². The number of thioether (sulfide) groups is 1. The minimum Gasteiger partial charge on any atom is -0.464 e. The first kappa shape index (κ1) is 13.1. The zero-order valence-electron chi connectivity index (χ0n) is 10.6. The lowest BCUT2D eigenvalue weighted by Gasteiger charge is -2.22. The Kier molecular flexibility index (Phi) is 4.06. The Bertz CT molecular complexity index is 416. The Morgan fingerprint density at radius 3 is 2.94 bits per heavy atom. The van der Waals surface area contributed by atoms with Crippen molar-refractivity contribution in [1.29, 1.82) is 0 Å². The molecule has 2 rings (SSSR count). The lowest BCUT2D eigenvalue weighted by atomic mass is 10.1. The molecule has 98 valence electrons. The van der Waals surface area contributed by atoms with Gasteiger partial charge in [0.05, 0.1) is 7.11 Å². The number of nitrogens with zero attached hydrogens (tertiary/aromatic N) is 2. The van der Waals surface area contributed by atoms with Crippen LogP contribution in [0.4, 0.5) is 5.82 Å².